The largest absolute Gasteiger partial charge is 0.378 e. The van der Waals surface area contributed by atoms with Gasteiger partial charge in [-0.2, -0.15) is 0 Å². The maximum atomic E-state index is 12.3. The number of sulfonamides is 1. The molecule has 6 heteroatoms. The zero-order valence-corrected chi connectivity index (χ0v) is 12.4. The second-order valence-corrected chi connectivity index (χ2v) is 7.34. The summed E-state index contributed by atoms with van der Waals surface area (Å²) in [6.07, 6.45) is 7.20. The first-order chi connectivity index (χ1) is 9.58. The van der Waals surface area contributed by atoms with Gasteiger partial charge in [0.25, 0.3) is 0 Å². The summed E-state index contributed by atoms with van der Waals surface area (Å²) in [5.74, 6) is 0. The van der Waals surface area contributed by atoms with E-state index in [1.54, 1.807) is 18.3 Å². The van der Waals surface area contributed by atoms with Gasteiger partial charge in [-0.3, -0.25) is 4.98 Å². The summed E-state index contributed by atoms with van der Waals surface area (Å²) in [5, 5.41) is 0. The zero-order chi connectivity index (χ0) is 14.2. The number of nitrogens with zero attached hydrogens (tertiary/aromatic N) is 1. The fourth-order valence-electron chi connectivity index (χ4n) is 3.36. The second kappa shape index (κ2) is 5.09. The van der Waals surface area contributed by atoms with Gasteiger partial charge in [-0.1, -0.05) is 6.42 Å². The molecule has 1 aromatic rings. The third kappa shape index (κ3) is 2.16. The Morgan fingerprint density at radius 2 is 2.30 bits per heavy atom. The van der Waals surface area contributed by atoms with Gasteiger partial charge in [0, 0.05) is 30.5 Å². The van der Waals surface area contributed by atoms with E-state index in [-0.39, 0.29) is 22.5 Å². The van der Waals surface area contributed by atoms with Crippen molar-refractivity contribution in [1.29, 1.82) is 0 Å². The van der Waals surface area contributed by atoms with Gasteiger partial charge in [-0.05, 0) is 38.3 Å². The van der Waals surface area contributed by atoms with Gasteiger partial charge >= 0.3 is 0 Å². The molecule has 0 saturated heterocycles. The Bertz CT molecular complexity index is 569. The Balaban J connectivity index is 1.73. The molecule has 0 aliphatic heterocycles. The van der Waals surface area contributed by atoms with Crippen LogP contribution in [-0.2, 0) is 14.8 Å². The Morgan fingerprint density at radius 3 is 2.85 bits per heavy atom. The molecule has 2 aliphatic rings. The normalized spacial score (nSPS) is 27.9. The van der Waals surface area contributed by atoms with E-state index >= 15 is 0 Å². The van der Waals surface area contributed by atoms with Gasteiger partial charge in [-0.25, -0.2) is 13.1 Å². The molecule has 0 aromatic carbocycles. The first kappa shape index (κ1) is 14.0. The van der Waals surface area contributed by atoms with E-state index in [1.165, 1.54) is 6.20 Å². The lowest BCUT2D eigenvalue weighted by atomic mass is 9.51. The van der Waals surface area contributed by atoms with Crippen LogP contribution in [0.15, 0.2) is 29.4 Å². The number of aromatic nitrogens is 1. The Hall–Kier alpha value is -0.980. The van der Waals surface area contributed by atoms with Crippen LogP contribution in [0.5, 0.6) is 0 Å². The standard InChI is InChI=1S/C14H20N2O3S/c1-2-19-13-9-12(14(13)6-4-7-14)16-20(17,18)11-5-3-8-15-10-11/h3,5,8,10,12-13,16H,2,4,6-7,9H2,1H3. The molecule has 1 aromatic heterocycles. The lowest BCUT2D eigenvalue weighted by Gasteiger charge is -2.60. The van der Waals surface area contributed by atoms with Crippen molar-refractivity contribution in [3.05, 3.63) is 24.5 Å². The summed E-state index contributed by atoms with van der Waals surface area (Å²) in [6.45, 7) is 2.67. The van der Waals surface area contributed by atoms with E-state index in [2.05, 4.69) is 9.71 Å². The molecular weight excluding hydrogens is 276 g/mol. The number of pyridine rings is 1. The Kier molecular flexibility index (Phi) is 3.56. The minimum absolute atomic E-state index is 0.00185. The quantitative estimate of drug-likeness (QED) is 0.898. The molecule has 2 unspecified atom stereocenters. The van der Waals surface area contributed by atoms with Crippen LogP contribution in [0, 0.1) is 5.41 Å². The molecule has 0 amide bonds. The predicted molar refractivity (Wildman–Crippen MR) is 74.7 cm³/mol. The molecule has 20 heavy (non-hydrogen) atoms. The van der Waals surface area contributed by atoms with Crippen molar-refractivity contribution in [2.45, 2.75) is 49.6 Å². The van der Waals surface area contributed by atoms with Crippen molar-refractivity contribution >= 4 is 10.0 Å². The number of hydrogen-bond donors (Lipinski definition) is 1. The van der Waals surface area contributed by atoms with Crippen molar-refractivity contribution in [2.75, 3.05) is 6.61 Å². The molecule has 2 aliphatic carbocycles. The van der Waals surface area contributed by atoms with Gasteiger partial charge in [0.15, 0.2) is 0 Å². The molecule has 2 fully saturated rings. The first-order valence-corrected chi connectivity index (χ1v) is 8.61. The summed E-state index contributed by atoms with van der Waals surface area (Å²) in [5.41, 5.74) is 0.0330. The maximum absolute atomic E-state index is 12.3. The van der Waals surface area contributed by atoms with Crippen LogP contribution in [0.1, 0.15) is 32.6 Å². The molecule has 0 radical (unpaired) electrons. The molecule has 0 bridgehead atoms. The molecule has 2 atom stereocenters. The van der Waals surface area contributed by atoms with Crippen LogP contribution >= 0.6 is 0 Å². The highest BCUT2D eigenvalue weighted by atomic mass is 32.2. The first-order valence-electron chi connectivity index (χ1n) is 7.12. The second-order valence-electron chi connectivity index (χ2n) is 5.63. The Labute approximate surface area is 119 Å². The summed E-state index contributed by atoms with van der Waals surface area (Å²) < 4.78 is 33.3. The minimum atomic E-state index is -3.47. The predicted octanol–water partition coefficient (Wildman–Crippen LogP) is 1.71. The van der Waals surface area contributed by atoms with Crippen LogP contribution in [0.25, 0.3) is 0 Å². The number of rotatable bonds is 5. The minimum Gasteiger partial charge on any atom is -0.378 e. The molecule has 2 saturated carbocycles. The highest BCUT2D eigenvalue weighted by Gasteiger charge is 2.59. The molecule has 3 rings (SSSR count). The van der Waals surface area contributed by atoms with E-state index in [1.807, 2.05) is 6.92 Å². The van der Waals surface area contributed by atoms with Crippen LogP contribution < -0.4 is 4.72 Å². The average Bonchev–Trinajstić information content (AvgIpc) is 2.36. The van der Waals surface area contributed by atoms with Crippen LogP contribution in [-0.4, -0.2) is 32.2 Å². The van der Waals surface area contributed by atoms with Gasteiger partial charge in [0.1, 0.15) is 4.90 Å². The molecule has 1 N–H and O–H groups in total. The van der Waals surface area contributed by atoms with E-state index in [0.717, 1.165) is 25.7 Å². The van der Waals surface area contributed by atoms with Crippen LogP contribution in [0.4, 0.5) is 0 Å². The lowest BCUT2D eigenvalue weighted by Crippen LogP contribution is -2.67. The van der Waals surface area contributed by atoms with Crippen molar-refractivity contribution in [2.24, 2.45) is 5.41 Å². The molecular formula is C14H20N2O3S. The summed E-state index contributed by atoms with van der Waals surface area (Å²) in [7, 11) is -3.47. The molecule has 1 spiro atoms. The number of hydrogen-bond acceptors (Lipinski definition) is 4. The van der Waals surface area contributed by atoms with Crippen molar-refractivity contribution in [1.82, 2.24) is 9.71 Å². The monoisotopic (exact) mass is 296 g/mol. The van der Waals surface area contributed by atoms with Crippen LogP contribution in [0.3, 0.4) is 0 Å². The van der Waals surface area contributed by atoms with Gasteiger partial charge in [0.05, 0.1) is 6.10 Å². The zero-order valence-electron chi connectivity index (χ0n) is 11.6. The summed E-state index contributed by atoms with van der Waals surface area (Å²) in [6, 6.07) is 3.21. The van der Waals surface area contributed by atoms with Gasteiger partial charge in [-0.15, -0.1) is 0 Å². The Morgan fingerprint density at radius 1 is 1.50 bits per heavy atom. The fraction of sp³-hybridized carbons (Fsp3) is 0.643. The molecule has 110 valence electrons. The number of nitrogens with one attached hydrogen (secondary N) is 1. The third-order valence-electron chi connectivity index (χ3n) is 4.68. The van der Waals surface area contributed by atoms with E-state index in [0.29, 0.717) is 6.61 Å². The summed E-state index contributed by atoms with van der Waals surface area (Å²) in [4.78, 5) is 4.10. The SMILES string of the molecule is CCOC1CC(NS(=O)(=O)c2cccnc2)C12CCC2. The number of ether oxygens (including phenoxy) is 1. The van der Waals surface area contributed by atoms with Gasteiger partial charge < -0.3 is 4.74 Å². The van der Waals surface area contributed by atoms with Crippen molar-refractivity contribution < 1.29 is 13.2 Å². The summed E-state index contributed by atoms with van der Waals surface area (Å²) >= 11 is 0. The topological polar surface area (TPSA) is 68.3 Å². The lowest BCUT2D eigenvalue weighted by molar-refractivity contribution is -0.167. The fourth-order valence-corrected chi connectivity index (χ4v) is 4.66. The smallest absolute Gasteiger partial charge is 0.242 e. The maximum Gasteiger partial charge on any atom is 0.242 e. The molecule has 5 nitrogen and oxygen atoms in total. The third-order valence-corrected chi connectivity index (χ3v) is 6.14. The highest BCUT2D eigenvalue weighted by Crippen LogP contribution is 2.57. The van der Waals surface area contributed by atoms with Crippen LogP contribution in [0.2, 0.25) is 0 Å². The van der Waals surface area contributed by atoms with Gasteiger partial charge in [0.2, 0.25) is 10.0 Å². The van der Waals surface area contributed by atoms with Crippen molar-refractivity contribution in [3.63, 3.8) is 0 Å². The molecule has 1 heterocycles. The van der Waals surface area contributed by atoms with E-state index in [9.17, 15) is 8.42 Å². The van der Waals surface area contributed by atoms with E-state index < -0.39 is 10.0 Å². The van der Waals surface area contributed by atoms with E-state index in [4.69, 9.17) is 4.74 Å². The average molecular weight is 296 g/mol. The highest BCUT2D eigenvalue weighted by molar-refractivity contribution is 7.89. The van der Waals surface area contributed by atoms with Crippen molar-refractivity contribution in [3.8, 4) is 0 Å².